The van der Waals surface area contributed by atoms with Gasteiger partial charge < -0.3 is 14.7 Å². The second kappa shape index (κ2) is 6.78. The van der Waals surface area contributed by atoms with Gasteiger partial charge in [-0.05, 0) is 26.0 Å². The number of carbonyl (C=O) groups is 2. The number of ketones is 1. The van der Waals surface area contributed by atoms with Crippen LogP contribution in [0.25, 0.3) is 0 Å². The number of phenolic OH excluding ortho intramolecular Hbond substituents is 1. The first kappa shape index (κ1) is 15.0. The fourth-order valence-corrected chi connectivity index (χ4v) is 1.65. The smallest absolute Gasteiger partial charge is 0.415 e. The molecule has 1 amide bonds. The number of Topliss-reactive ketones (excluding diaryl/α,β-unsaturated/α-hetero) is 1. The molecule has 0 saturated heterocycles. The van der Waals surface area contributed by atoms with Crippen molar-refractivity contribution >= 4 is 11.9 Å². The van der Waals surface area contributed by atoms with Gasteiger partial charge in [0.15, 0.2) is 5.78 Å². The van der Waals surface area contributed by atoms with Crippen molar-refractivity contribution in [3.63, 3.8) is 0 Å². The van der Waals surface area contributed by atoms with Gasteiger partial charge in [0.05, 0.1) is 5.56 Å². The molecule has 0 unspecified atom stereocenters. The summed E-state index contributed by atoms with van der Waals surface area (Å²) in [5.74, 6) is -0.0992. The zero-order chi connectivity index (χ0) is 14.4. The van der Waals surface area contributed by atoms with Crippen LogP contribution < -0.4 is 4.74 Å². The average molecular weight is 265 g/mol. The summed E-state index contributed by atoms with van der Waals surface area (Å²) in [5.41, 5.74) is 0.241. The minimum Gasteiger partial charge on any atom is -0.507 e. The molecule has 0 atom stereocenters. The lowest BCUT2D eigenvalue weighted by atomic mass is 10.1. The molecule has 0 bridgehead atoms. The van der Waals surface area contributed by atoms with Crippen LogP contribution in [0.1, 0.15) is 37.6 Å². The highest BCUT2D eigenvalue weighted by molar-refractivity contribution is 5.98. The van der Waals surface area contributed by atoms with Gasteiger partial charge >= 0.3 is 6.09 Å². The van der Waals surface area contributed by atoms with Crippen LogP contribution in [0.2, 0.25) is 0 Å². The summed E-state index contributed by atoms with van der Waals surface area (Å²) in [6, 6.07) is 4.25. The predicted octanol–water partition coefficient (Wildman–Crippen LogP) is 2.83. The number of benzene rings is 1. The first-order valence-corrected chi connectivity index (χ1v) is 6.36. The number of ether oxygens (including phenoxy) is 1. The molecule has 0 spiro atoms. The molecule has 0 fully saturated rings. The van der Waals surface area contributed by atoms with E-state index >= 15 is 0 Å². The summed E-state index contributed by atoms with van der Waals surface area (Å²) in [7, 11) is 0. The number of rotatable bonds is 5. The summed E-state index contributed by atoms with van der Waals surface area (Å²) < 4.78 is 5.12. The van der Waals surface area contributed by atoms with E-state index in [9.17, 15) is 14.7 Å². The van der Waals surface area contributed by atoms with Gasteiger partial charge in [-0.2, -0.15) is 0 Å². The first-order valence-electron chi connectivity index (χ1n) is 6.36. The van der Waals surface area contributed by atoms with Crippen LogP contribution in [0.5, 0.6) is 11.5 Å². The van der Waals surface area contributed by atoms with E-state index < -0.39 is 6.09 Å². The molecule has 0 aliphatic rings. The van der Waals surface area contributed by atoms with Gasteiger partial charge in [-0.3, -0.25) is 4.79 Å². The van der Waals surface area contributed by atoms with Crippen molar-refractivity contribution in [3.8, 4) is 11.5 Å². The summed E-state index contributed by atoms with van der Waals surface area (Å²) in [5, 5.41) is 9.73. The van der Waals surface area contributed by atoms with Gasteiger partial charge in [-0.15, -0.1) is 0 Å². The van der Waals surface area contributed by atoms with Crippen molar-refractivity contribution in [2.45, 2.75) is 27.2 Å². The van der Waals surface area contributed by atoms with Crippen molar-refractivity contribution in [3.05, 3.63) is 23.8 Å². The molecule has 0 aliphatic heterocycles. The highest BCUT2D eigenvalue weighted by Crippen LogP contribution is 2.25. The Kier molecular flexibility index (Phi) is 5.36. The molecule has 1 rings (SSSR count). The van der Waals surface area contributed by atoms with Gasteiger partial charge in [0, 0.05) is 25.6 Å². The fourth-order valence-electron chi connectivity index (χ4n) is 1.65. The monoisotopic (exact) mass is 265 g/mol. The van der Waals surface area contributed by atoms with Crippen LogP contribution >= 0.6 is 0 Å². The van der Waals surface area contributed by atoms with Crippen molar-refractivity contribution < 1.29 is 19.4 Å². The molecule has 19 heavy (non-hydrogen) atoms. The molecule has 1 aromatic carbocycles. The molecule has 104 valence electrons. The molecule has 0 saturated carbocycles. The van der Waals surface area contributed by atoms with Crippen LogP contribution in [-0.4, -0.2) is 35.0 Å². The van der Waals surface area contributed by atoms with E-state index in [0.29, 0.717) is 19.5 Å². The number of hydrogen-bond acceptors (Lipinski definition) is 4. The van der Waals surface area contributed by atoms with Gasteiger partial charge in [0.25, 0.3) is 0 Å². The van der Waals surface area contributed by atoms with Crippen LogP contribution in [0.3, 0.4) is 0 Å². The van der Waals surface area contributed by atoms with E-state index in [4.69, 9.17) is 4.74 Å². The van der Waals surface area contributed by atoms with Gasteiger partial charge in [-0.1, -0.05) is 6.92 Å². The van der Waals surface area contributed by atoms with E-state index in [1.165, 1.54) is 23.1 Å². The van der Waals surface area contributed by atoms with E-state index in [-0.39, 0.29) is 22.8 Å². The third-order valence-electron chi connectivity index (χ3n) is 2.82. The first-order chi connectivity index (χ1) is 9.03. The third kappa shape index (κ3) is 3.71. The Labute approximate surface area is 112 Å². The lowest BCUT2D eigenvalue weighted by molar-refractivity contribution is 0.0985. The van der Waals surface area contributed by atoms with Crippen molar-refractivity contribution in [2.24, 2.45) is 0 Å². The lowest BCUT2D eigenvalue weighted by Crippen LogP contribution is -2.33. The maximum atomic E-state index is 11.7. The highest BCUT2D eigenvalue weighted by atomic mass is 16.6. The summed E-state index contributed by atoms with van der Waals surface area (Å²) >= 11 is 0. The Morgan fingerprint density at radius 2 is 1.84 bits per heavy atom. The van der Waals surface area contributed by atoms with E-state index in [1.807, 2.05) is 13.8 Å². The number of carbonyl (C=O) groups excluding carboxylic acids is 2. The molecule has 1 aromatic rings. The summed E-state index contributed by atoms with van der Waals surface area (Å²) in [4.78, 5) is 24.7. The second-order valence-corrected chi connectivity index (χ2v) is 4.00. The Hall–Kier alpha value is -2.04. The topological polar surface area (TPSA) is 66.8 Å². The molecule has 5 nitrogen and oxygen atoms in total. The largest absolute Gasteiger partial charge is 0.507 e. The molecule has 0 aromatic heterocycles. The van der Waals surface area contributed by atoms with E-state index in [2.05, 4.69) is 0 Å². The van der Waals surface area contributed by atoms with Crippen LogP contribution in [0.4, 0.5) is 4.79 Å². The SMILES string of the molecule is CCC(=O)c1ccc(OC(=O)N(CC)CC)cc1O. The number of amides is 1. The summed E-state index contributed by atoms with van der Waals surface area (Å²) in [6.45, 7) is 6.52. The molecule has 0 aliphatic carbocycles. The molecular weight excluding hydrogens is 246 g/mol. The highest BCUT2D eigenvalue weighted by Gasteiger charge is 2.14. The predicted molar refractivity (Wildman–Crippen MR) is 71.7 cm³/mol. The minimum atomic E-state index is -0.473. The number of aromatic hydroxyl groups is 1. The zero-order valence-electron chi connectivity index (χ0n) is 11.5. The molecule has 0 heterocycles. The lowest BCUT2D eigenvalue weighted by Gasteiger charge is -2.18. The van der Waals surface area contributed by atoms with Crippen LogP contribution in [0, 0.1) is 0 Å². The standard InChI is InChI=1S/C14H19NO4/c1-4-12(16)11-8-7-10(9-13(11)17)19-14(18)15(5-2)6-3/h7-9,17H,4-6H2,1-3H3. The van der Waals surface area contributed by atoms with Gasteiger partial charge in [0.2, 0.25) is 0 Å². The molecular formula is C14H19NO4. The fraction of sp³-hybridized carbons (Fsp3) is 0.429. The Bertz CT molecular complexity index is 467. The van der Waals surface area contributed by atoms with Crippen LogP contribution in [-0.2, 0) is 0 Å². The van der Waals surface area contributed by atoms with E-state index in [0.717, 1.165) is 0 Å². The Morgan fingerprint density at radius 3 is 2.32 bits per heavy atom. The maximum Gasteiger partial charge on any atom is 0.415 e. The van der Waals surface area contributed by atoms with Gasteiger partial charge in [-0.25, -0.2) is 4.79 Å². The maximum absolute atomic E-state index is 11.7. The average Bonchev–Trinajstić information content (AvgIpc) is 2.39. The Balaban J connectivity index is 2.84. The molecule has 5 heteroatoms. The van der Waals surface area contributed by atoms with E-state index in [1.54, 1.807) is 6.92 Å². The second-order valence-electron chi connectivity index (χ2n) is 4.00. The quantitative estimate of drug-likeness (QED) is 0.831. The molecule has 1 N–H and O–H groups in total. The minimum absolute atomic E-state index is 0.154. The summed E-state index contributed by atoms with van der Waals surface area (Å²) in [6.07, 6.45) is -0.162. The van der Waals surface area contributed by atoms with Crippen molar-refractivity contribution in [1.29, 1.82) is 0 Å². The van der Waals surface area contributed by atoms with Crippen molar-refractivity contribution in [2.75, 3.05) is 13.1 Å². The van der Waals surface area contributed by atoms with Gasteiger partial charge in [0.1, 0.15) is 11.5 Å². The normalized spacial score (nSPS) is 10.1. The molecule has 0 radical (unpaired) electrons. The number of nitrogens with zero attached hydrogens (tertiary/aromatic N) is 1. The third-order valence-corrected chi connectivity index (χ3v) is 2.82. The number of hydrogen-bond donors (Lipinski definition) is 1. The zero-order valence-corrected chi connectivity index (χ0v) is 11.5. The Morgan fingerprint density at radius 1 is 1.21 bits per heavy atom. The number of phenols is 1. The van der Waals surface area contributed by atoms with Crippen LogP contribution in [0.15, 0.2) is 18.2 Å². The van der Waals surface area contributed by atoms with Crippen molar-refractivity contribution in [1.82, 2.24) is 4.90 Å².